The van der Waals surface area contributed by atoms with E-state index in [1.165, 1.54) is 0 Å². The Hall–Kier alpha value is -3.85. The predicted octanol–water partition coefficient (Wildman–Crippen LogP) is 4.05. The van der Waals surface area contributed by atoms with Crippen LogP contribution in [0.1, 0.15) is 10.4 Å². The van der Waals surface area contributed by atoms with Crippen molar-refractivity contribution in [3.05, 3.63) is 72.4 Å². The van der Waals surface area contributed by atoms with Gasteiger partial charge in [-0.15, -0.1) is 0 Å². The first-order chi connectivity index (χ1) is 15.2. The molecule has 9 heteroatoms. The molecule has 0 spiro atoms. The van der Waals surface area contributed by atoms with Crippen LogP contribution in [0.4, 0.5) is 17.2 Å². The van der Waals surface area contributed by atoms with Gasteiger partial charge in [0.1, 0.15) is 5.82 Å². The Labute approximate surface area is 186 Å². The van der Waals surface area contributed by atoms with Gasteiger partial charge in [0.05, 0.1) is 17.5 Å². The molecule has 0 bridgehead atoms. The van der Waals surface area contributed by atoms with Crippen molar-refractivity contribution in [3.8, 4) is 11.3 Å². The summed E-state index contributed by atoms with van der Waals surface area (Å²) in [6, 6.07) is 18.3. The van der Waals surface area contributed by atoms with E-state index >= 15 is 0 Å². The van der Waals surface area contributed by atoms with Crippen molar-refractivity contribution in [1.29, 1.82) is 0 Å². The zero-order valence-corrected chi connectivity index (χ0v) is 18.7. The molecule has 3 N–H and O–H groups in total. The summed E-state index contributed by atoms with van der Waals surface area (Å²) in [4.78, 5) is 21.5. The highest BCUT2D eigenvalue weighted by atomic mass is 32.2. The molecule has 4 rings (SSSR count). The molecule has 0 radical (unpaired) electrons. The molecule has 2 aromatic heterocycles. The van der Waals surface area contributed by atoms with E-state index in [-0.39, 0.29) is 5.91 Å². The molecule has 1 amide bonds. The molecule has 4 aromatic rings. The summed E-state index contributed by atoms with van der Waals surface area (Å²) in [7, 11) is 0.104. The second-order valence-corrected chi connectivity index (χ2v) is 9.45. The standard InChI is InChI=1S/C23H23N5O3S/c1-28(2)23(29)16-9-7-15(8-10-16)20-11-17-14-24-22(13-21(17)26-20)25-18-5-4-6-19(12-18)27-32(3,30)31/h4-14,26-27H,1-3H3,(H,24,25). The zero-order chi connectivity index (χ0) is 22.9. The van der Waals surface area contributed by atoms with Crippen molar-refractivity contribution in [2.75, 3.05) is 30.4 Å². The van der Waals surface area contributed by atoms with Gasteiger partial charge in [-0.05, 0) is 42.0 Å². The molecule has 0 saturated carbocycles. The van der Waals surface area contributed by atoms with Gasteiger partial charge in [0.15, 0.2) is 0 Å². The number of hydrogen-bond donors (Lipinski definition) is 3. The fourth-order valence-electron chi connectivity index (χ4n) is 3.32. The lowest BCUT2D eigenvalue weighted by Gasteiger charge is -2.10. The average molecular weight is 450 g/mol. The SMILES string of the molecule is CN(C)C(=O)c1ccc(-c2cc3cnc(Nc4cccc(NS(C)(=O)=O)c4)cc3[nH]2)cc1. The maximum Gasteiger partial charge on any atom is 0.253 e. The third kappa shape index (κ3) is 4.89. The number of aromatic amines is 1. The van der Waals surface area contributed by atoms with Crippen molar-refractivity contribution < 1.29 is 13.2 Å². The summed E-state index contributed by atoms with van der Waals surface area (Å²) < 4.78 is 25.4. The topological polar surface area (TPSA) is 107 Å². The van der Waals surface area contributed by atoms with Gasteiger partial charge in [-0.2, -0.15) is 0 Å². The Kier molecular flexibility index (Phi) is 5.58. The maximum absolute atomic E-state index is 12.1. The van der Waals surface area contributed by atoms with Crippen LogP contribution in [0.25, 0.3) is 22.2 Å². The molecular weight excluding hydrogens is 426 g/mol. The fourth-order valence-corrected chi connectivity index (χ4v) is 3.88. The number of carbonyl (C=O) groups is 1. The molecule has 0 aliphatic rings. The van der Waals surface area contributed by atoms with Crippen LogP contribution in [-0.4, -0.2) is 49.5 Å². The number of benzene rings is 2. The second-order valence-electron chi connectivity index (χ2n) is 7.70. The van der Waals surface area contributed by atoms with Crippen LogP contribution in [0.2, 0.25) is 0 Å². The number of sulfonamides is 1. The molecule has 2 aromatic carbocycles. The number of nitrogens with zero attached hydrogens (tertiary/aromatic N) is 2. The molecule has 0 aliphatic heterocycles. The van der Waals surface area contributed by atoms with Gasteiger partial charge in [-0.1, -0.05) is 18.2 Å². The van der Waals surface area contributed by atoms with Crippen molar-refractivity contribution in [2.45, 2.75) is 0 Å². The molecular formula is C23H23N5O3S. The summed E-state index contributed by atoms with van der Waals surface area (Å²) in [5.41, 5.74) is 4.59. The minimum atomic E-state index is -3.35. The van der Waals surface area contributed by atoms with Crippen LogP contribution >= 0.6 is 0 Å². The second kappa shape index (κ2) is 8.35. The molecule has 32 heavy (non-hydrogen) atoms. The molecule has 0 saturated heterocycles. The van der Waals surface area contributed by atoms with Crippen LogP contribution in [-0.2, 0) is 10.0 Å². The third-order valence-corrected chi connectivity index (χ3v) is 5.40. The van der Waals surface area contributed by atoms with E-state index in [2.05, 4.69) is 20.0 Å². The van der Waals surface area contributed by atoms with E-state index in [0.29, 0.717) is 22.8 Å². The number of aromatic nitrogens is 2. The highest BCUT2D eigenvalue weighted by Gasteiger charge is 2.10. The summed E-state index contributed by atoms with van der Waals surface area (Å²) in [5.74, 6) is 0.582. The first-order valence-electron chi connectivity index (χ1n) is 9.84. The van der Waals surface area contributed by atoms with Crippen molar-refractivity contribution in [3.63, 3.8) is 0 Å². The molecule has 2 heterocycles. The van der Waals surface area contributed by atoms with Crippen molar-refractivity contribution >= 4 is 44.0 Å². The monoisotopic (exact) mass is 449 g/mol. The normalized spacial score (nSPS) is 11.3. The predicted molar refractivity (Wildman–Crippen MR) is 128 cm³/mol. The molecule has 8 nitrogen and oxygen atoms in total. The quantitative estimate of drug-likeness (QED) is 0.412. The number of anilines is 3. The van der Waals surface area contributed by atoms with Gasteiger partial charge in [0.2, 0.25) is 10.0 Å². The van der Waals surface area contributed by atoms with Gasteiger partial charge in [-0.3, -0.25) is 9.52 Å². The van der Waals surface area contributed by atoms with Crippen LogP contribution in [0.3, 0.4) is 0 Å². The first kappa shape index (κ1) is 21.4. The highest BCUT2D eigenvalue weighted by molar-refractivity contribution is 7.92. The minimum Gasteiger partial charge on any atom is -0.354 e. The Morgan fingerprint density at radius 3 is 2.41 bits per heavy atom. The van der Waals surface area contributed by atoms with Crippen LogP contribution in [0, 0.1) is 0 Å². The molecule has 0 aliphatic carbocycles. The van der Waals surface area contributed by atoms with Gasteiger partial charge >= 0.3 is 0 Å². The van der Waals surface area contributed by atoms with Crippen molar-refractivity contribution in [1.82, 2.24) is 14.9 Å². The number of amides is 1. The lowest BCUT2D eigenvalue weighted by atomic mass is 10.1. The lowest BCUT2D eigenvalue weighted by Crippen LogP contribution is -2.21. The lowest BCUT2D eigenvalue weighted by molar-refractivity contribution is 0.0827. The molecule has 0 unspecified atom stereocenters. The van der Waals surface area contributed by atoms with E-state index in [9.17, 15) is 13.2 Å². The summed E-state index contributed by atoms with van der Waals surface area (Å²) in [5, 5.41) is 4.14. The number of fused-ring (bicyclic) bond motifs is 1. The Morgan fingerprint density at radius 1 is 1.00 bits per heavy atom. The zero-order valence-electron chi connectivity index (χ0n) is 17.9. The third-order valence-electron chi connectivity index (χ3n) is 4.79. The fraction of sp³-hybridized carbons (Fsp3) is 0.130. The average Bonchev–Trinajstić information content (AvgIpc) is 3.16. The number of nitrogens with one attached hydrogen (secondary N) is 3. The molecule has 0 atom stereocenters. The van der Waals surface area contributed by atoms with E-state index in [0.717, 1.165) is 28.4 Å². The number of H-pyrrole nitrogens is 1. The molecule has 0 fully saturated rings. The highest BCUT2D eigenvalue weighted by Crippen LogP contribution is 2.27. The largest absolute Gasteiger partial charge is 0.354 e. The van der Waals surface area contributed by atoms with E-state index in [4.69, 9.17) is 0 Å². The van der Waals surface area contributed by atoms with Gasteiger partial charge in [0.25, 0.3) is 5.91 Å². The summed E-state index contributed by atoms with van der Waals surface area (Å²) in [6.07, 6.45) is 2.87. The minimum absolute atomic E-state index is 0.0380. The number of rotatable bonds is 6. The molecule has 164 valence electrons. The number of pyridine rings is 1. The van der Waals surface area contributed by atoms with E-state index in [1.807, 2.05) is 42.5 Å². The Balaban J connectivity index is 1.56. The summed E-state index contributed by atoms with van der Waals surface area (Å²) >= 11 is 0. The summed E-state index contributed by atoms with van der Waals surface area (Å²) in [6.45, 7) is 0. The van der Waals surface area contributed by atoms with Gasteiger partial charge in [0, 0.05) is 48.7 Å². The Morgan fingerprint density at radius 2 is 1.72 bits per heavy atom. The van der Waals surface area contributed by atoms with Crippen LogP contribution in [0.15, 0.2) is 66.9 Å². The van der Waals surface area contributed by atoms with E-state index < -0.39 is 10.0 Å². The maximum atomic E-state index is 12.1. The van der Waals surface area contributed by atoms with Crippen molar-refractivity contribution in [2.24, 2.45) is 0 Å². The van der Waals surface area contributed by atoms with Gasteiger partial charge in [-0.25, -0.2) is 13.4 Å². The number of carbonyl (C=O) groups excluding carboxylic acids is 1. The van der Waals surface area contributed by atoms with E-state index in [1.54, 1.807) is 43.4 Å². The first-order valence-corrected chi connectivity index (χ1v) is 11.7. The van der Waals surface area contributed by atoms with Crippen LogP contribution < -0.4 is 10.0 Å². The van der Waals surface area contributed by atoms with Gasteiger partial charge < -0.3 is 15.2 Å². The smallest absolute Gasteiger partial charge is 0.253 e. The van der Waals surface area contributed by atoms with Crippen LogP contribution in [0.5, 0.6) is 0 Å². The Bertz CT molecular complexity index is 1390. The number of hydrogen-bond acceptors (Lipinski definition) is 5.